The van der Waals surface area contributed by atoms with E-state index in [0.29, 0.717) is 18.4 Å². The molecule has 2 aromatic rings. The molecule has 2 fully saturated rings. The second kappa shape index (κ2) is 8.37. The first kappa shape index (κ1) is 18.4. The lowest BCUT2D eigenvalue weighted by molar-refractivity contribution is 0.00949. The van der Waals surface area contributed by atoms with Gasteiger partial charge in [0.1, 0.15) is 0 Å². The van der Waals surface area contributed by atoms with Crippen molar-refractivity contribution in [1.82, 2.24) is 19.9 Å². The molecule has 0 saturated carbocycles. The molecule has 27 heavy (non-hydrogen) atoms. The first-order chi connectivity index (χ1) is 13.2. The van der Waals surface area contributed by atoms with Crippen molar-refractivity contribution < 1.29 is 9.63 Å². The van der Waals surface area contributed by atoms with Gasteiger partial charge in [-0.15, -0.1) is 0 Å². The summed E-state index contributed by atoms with van der Waals surface area (Å²) in [5.74, 6) is 1.16. The number of hydrogen-bond donors (Lipinski definition) is 1. The maximum atomic E-state index is 10.7. The van der Waals surface area contributed by atoms with E-state index in [4.69, 9.17) is 4.52 Å². The summed E-state index contributed by atoms with van der Waals surface area (Å²) in [5.41, 5.74) is 1.40. The van der Waals surface area contributed by atoms with Gasteiger partial charge in [-0.1, -0.05) is 30.3 Å². The van der Waals surface area contributed by atoms with Gasteiger partial charge in [0.05, 0.1) is 6.10 Å². The number of aliphatic hydroxyl groups is 1. The summed E-state index contributed by atoms with van der Waals surface area (Å²) in [6.07, 6.45) is 1.65. The fourth-order valence-corrected chi connectivity index (χ4v) is 4.19. The van der Waals surface area contributed by atoms with E-state index in [0.717, 1.165) is 52.1 Å². The molecule has 0 bridgehead atoms. The van der Waals surface area contributed by atoms with Gasteiger partial charge in [0.25, 0.3) is 5.95 Å². The molecule has 3 heterocycles. The number of nitrogens with zero attached hydrogens (tertiary/aromatic N) is 5. The summed E-state index contributed by atoms with van der Waals surface area (Å²) in [7, 11) is 0. The molecule has 1 N–H and O–H groups in total. The average Bonchev–Trinajstić information content (AvgIpc) is 3.14. The highest BCUT2D eigenvalue weighted by Gasteiger charge is 2.34. The van der Waals surface area contributed by atoms with E-state index in [1.54, 1.807) is 6.92 Å². The Morgan fingerprint density at radius 2 is 1.89 bits per heavy atom. The quantitative estimate of drug-likeness (QED) is 0.846. The third-order valence-electron chi connectivity index (χ3n) is 5.78. The Morgan fingerprint density at radius 3 is 2.56 bits per heavy atom. The predicted molar refractivity (Wildman–Crippen MR) is 104 cm³/mol. The number of aromatic nitrogens is 2. The predicted octanol–water partition coefficient (Wildman–Crippen LogP) is 1.18. The van der Waals surface area contributed by atoms with Gasteiger partial charge in [0.2, 0.25) is 5.89 Å². The Balaban J connectivity index is 1.24. The van der Waals surface area contributed by atoms with Crippen molar-refractivity contribution in [2.75, 3.05) is 50.7 Å². The van der Waals surface area contributed by atoms with Crippen LogP contribution in [0.2, 0.25) is 0 Å². The Bertz CT molecular complexity index is 714. The number of benzene rings is 1. The Labute approximate surface area is 160 Å². The molecule has 0 radical (unpaired) electrons. The van der Waals surface area contributed by atoms with E-state index in [-0.39, 0.29) is 12.1 Å². The smallest absolute Gasteiger partial charge is 0.266 e. The second-order valence-corrected chi connectivity index (χ2v) is 7.60. The van der Waals surface area contributed by atoms with E-state index in [1.165, 1.54) is 5.56 Å². The van der Waals surface area contributed by atoms with E-state index < -0.39 is 0 Å². The standard InChI is InChI=1S/C20H29N5O2/c1-16-21-20(22-27-16)25-10-8-18(19(26)15-25)24-13-11-23(12-14-24)9-7-17-5-3-2-4-6-17/h2-6,18-19,26H,7-15H2,1H3/t18-,19-/m1/s1. The molecular formula is C20H29N5O2. The van der Waals surface area contributed by atoms with E-state index in [2.05, 4.69) is 50.3 Å². The number of piperazine rings is 1. The lowest BCUT2D eigenvalue weighted by Crippen LogP contribution is -2.59. The van der Waals surface area contributed by atoms with Crippen LogP contribution in [0.3, 0.4) is 0 Å². The molecule has 0 unspecified atom stereocenters. The Hall–Kier alpha value is -1.96. The van der Waals surface area contributed by atoms with Crippen LogP contribution in [0.15, 0.2) is 34.9 Å². The molecule has 2 saturated heterocycles. The lowest BCUT2D eigenvalue weighted by atomic mass is 9.99. The van der Waals surface area contributed by atoms with Gasteiger partial charge in [-0.05, 0) is 23.6 Å². The first-order valence-electron chi connectivity index (χ1n) is 9.93. The molecule has 1 aromatic heterocycles. The molecule has 146 valence electrons. The zero-order valence-electron chi connectivity index (χ0n) is 16.0. The van der Waals surface area contributed by atoms with Gasteiger partial charge in [-0.2, -0.15) is 4.98 Å². The van der Waals surface area contributed by atoms with Gasteiger partial charge in [-0.3, -0.25) is 4.90 Å². The van der Waals surface area contributed by atoms with Gasteiger partial charge in [0.15, 0.2) is 0 Å². The van der Waals surface area contributed by atoms with Crippen LogP contribution in [0.1, 0.15) is 17.9 Å². The molecule has 0 spiro atoms. The van der Waals surface area contributed by atoms with E-state index >= 15 is 0 Å². The minimum atomic E-state index is -0.381. The van der Waals surface area contributed by atoms with Crippen LogP contribution in [0.25, 0.3) is 0 Å². The van der Waals surface area contributed by atoms with Gasteiger partial charge in [-0.25, -0.2) is 0 Å². The van der Waals surface area contributed by atoms with Crippen LogP contribution in [-0.4, -0.2) is 83.0 Å². The molecule has 2 aliphatic heterocycles. The molecule has 7 nitrogen and oxygen atoms in total. The third-order valence-corrected chi connectivity index (χ3v) is 5.78. The number of aliphatic hydroxyl groups excluding tert-OH is 1. The molecule has 0 aliphatic carbocycles. The Morgan fingerprint density at radius 1 is 1.11 bits per heavy atom. The zero-order valence-corrected chi connectivity index (χ0v) is 16.0. The van der Waals surface area contributed by atoms with Crippen LogP contribution in [0.5, 0.6) is 0 Å². The molecule has 1 aromatic carbocycles. The molecule has 4 rings (SSSR count). The zero-order chi connectivity index (χ0) is 18.6. The molecule has 7 heteroatoms. The normalized spacial score (nSPS) is 25.0. The fourth-order valence-electron chi connectivity index (χ4n) is 4.19. The van der Waals surface area contributed by atoms with Gasteiger partial charge in [0, 0.05) is 58.8 Å². The maximum absolute atomic E-state index is 10.7. The highest BCUT2D eigenvalue weighted by Crippen LogP contribution is 2.22. The number of hydrogen-bond acceptors (Lipinski definition) is 7. The van der Waals surface area contributed by atoms with Gasteiger partial charge < -0.3 is 19.4 Å². The molecular weight excluding hydrogens is 342 g/mol. The average molecular weight is 371 g/mol. The van der Waals surface area contributed by atoms with Gasteiger partial charge >= 0.3 is 0 Å². The highest BCUT2D eigenvalue weighted by molar-refractivity contribution is 5.29. The van der Waals surface area contributed by atoms with E-state index in [9.17, 15) is 5.11 Å². The van der Waals surface area contributed by atoms with Crippen LogP contribution >= 0.6 is 0 Å². The van der Waals surface area contributed by atoms with Crippen molar-refractivity contribution in [3.63, 3.8) is 0 Å². The first-order valence-corrected chi connectivity index (χ1v) is 9.93. The van der Waals surface area contributed by atoms with Crippen molar-refractivity contribution in [3.05, 3.63) is 41.8 Å². The number of rotatable bonds is 5. The van der Waals surface area contributed by atoms with Crippen LogP contribution in [-0.2, 0) is 6.42 Å². The van der Waals surface area contributed by atoms with Crippen molar-refractivity contribution >= 4 is 5.95 Å². The third kappa shape index (κ3) is 4.48. The maximum Gasteiger partial charge on any atom is 0.266 e. The minimum Gasteiger partial charge on any atom is -0.390 e. The summed E-state index contributed by atoms with van der Waals surface area (Å²) in [5, 5.41) is 14.7. The fraction of sp³-hybridized carbons (Fsp3) is 0.600. The summed E-state index contributed by atoms with van der Waals surface area (Å²) in [6.45, 7) is 8.52. The summed E-state index contributed by atoms with van der Waals surface area (Å²) in [6, 6.07) is 10.9. The monoisotopic (exact) mass is 371 g/mol. The second-order valence-electron chi connectivity index (χ2n) is 7.60. The lowest BCUT2D eigenvalue weighted by Gasteiger charge is -2.44. The summed E-state index contributed by atoms with van der Waals surface area (Å²) in [4.78, 5) is 11.3. The van der Waals surface area contributed by atoms with Crippen molar-refractivity contribution in [2.24, 2.45) is 0 Å². The minimum absolute atomic E-state index is 0.227. The summed E-state index contributed by atoms with van der Waals surface area (Å²) >= 11 is 0. The topological polar surface area (TPSA) is 68.9 Å². The number of aryl methyl sites for hydroxylation is 1. The SMILES string of the molecule is Cc1nc(N2CC[C@@H](N3CCN(CCc4ccccc4)CC3)[C@H](O)C2)no1. The number of anilines is 1. The highest BCUT2D eigenvalue weighted by atomic mass is 16.5. The molecule has 0 amide bonds. The number of β-amino-alcohol motifs (C(OH)–C–C–N with tert-alkyl or cyclic N) is 1. The number of piperidine rings is 1. The van der Waals surface area contributed by atoms with Crippen LogP contribution in [0.4, 0.5) is 5.95 Å². The summed E-state index contributed by atoms with van der Waals surface area (Å²) < 4.78 is 5.06. The Kier molecular flexibility index (Phi) is 5.71. The van der Waals surface area contributed by atoms with E-state index in [1.807, 2.05) is 4.90 Å². The van der Waals surface area contributed by atoms with Crippen molar-refractivity contribution in [3.8, 4) is 0 Å². The largest absolute Gasteiger partial charge is 0.390 e. The van der Waals surface area contributed by atoms with Crippen LogP contribution in [0, 0.1) is 6.92 Å². The van der Waals surface area contributed by atoms with Crippen molar-refractivity contribution in [2.45, 2.75) is 31.9 Å². The van der Waals surface area contributed by atoms with Crippen molar-refractivity contribution in [1.29, 1.82) is 0 Å². The molecule has 2 atom stereocenters. The molecule has 2 aliphatic rings. The van der Waals surface area contributed by atoms with Crippen LogP contribution < -0.4 is 4.90 Å².